The van der Waals surface area contributed by atoms with E-state index < -0.39 is 5.97 Å². The largest absolute Gasteiger partial charge is 0.423 e. The normalized spacial score (nSPS) is 9.91. The Hall–Kier alpha value is -2.82. The van der Waals surface area contributed by atoms with E-state index in [1.807, 2.05) is 26.0 Å². The number of hydrogen-bond acceptors (Lipinski definition) is 3. The van der Waals surface area contributed by atoms with Crippen molar-refractivity contribution in [2.24, 2.45) is 0 Å². The van der Waals surface area contributed by atoms with E-state index >= 15 is 0 Å². The second-order valence-corrected chi connectivity index (χ2v) is 4.76. The molecule has 0 aliphatic rings. The standard InChI is InChI=1S/C17H18N2O3/c1-3-18-17(21)19-14-8-6-13(7-9-14)16(20)22-15-10-4-12(2)5-11-15/h4-11H,3H2,1-2H3,(H2,18,19,21). The molecule has 0 unspecified atom stereocenters. The van der Waals surface area contributed by atoms with Crippen LogP contribution in [0.1, 0.15) is 22.8 Å². The first kappa shape index (κ1) is 15.6. The number of esters is 1. The molecule has 0 spiro atoms. The van der Waals surface area contributed by atoms with Crippen LogP contribution in [0.25, 0.3) is 0 Å². The van der Waals surface area contributed by atoms with Crippen molar-refractivity contribution in [1.82, 2.24) is 5.32 Å². The number of aryl methyl sites for hydroxylation is 1. The summed E-state index contributed by atoms with van der Waals surface area (Å²) >= 11 is 0. The van der Waals surface area contributed by atoms with Gasteiger partial charge in [-0.25, -0.2) is 9.59 Å². The molecule has 0 aromatic heterocycles. The lowest BCUT2D eigenvalue weighted by Crippen LogP contribution is -2.28. The summed E-state index contributed by atoms with van der Waals surface area (Å²) in [5, 5.41) is 5.29. The third-order valence-electron chi connectivity index (χ3n) is 2.95. The van der Waals surface area contributed by atoms with Crippen LogP contribution in [-0.2, 0) is 0 Å². The molecule has 2 N–H and O–H groups in total. The van der Waals surface area contributed by atoms with Gasteiger partial charge in [-0.15, -0.1) is 0 Å². The van der Waals surface area contributed by atoms with Gasteiger partial charge in [0, 0.05) is 12.2 Å². The summed E-state index contributed by atoms with van der Waals surface area (Å²) < 4.78 is 5.28. The molecular formula is C17H18N2O3. The second kappa shape index (κ2) is 7.26. The second-order valence-electron chi connectivity index (χ2n) is 4.76. The summed E-state index contributed by atoms with van der Waals surface area (Å²) in [6.07, 6.45) is 0. The summed E-state index contributed by atoms with van der Waals surface area (Å²) in [5.74, 6) is 0.0635. The molecule has 5 nitrogen and oxygen atoms in total. The molecule has 0 atom stereocenters. The lowest BCUT2D eigenvalue weighted by atomic mass is 10.2. The zero-order valence-electron chi connectivity index (χ0n) is 12.6. The van der Waals surface area contributed by atoms with E-state index in [2.05, 4.69) is 10.6 Å². The number of carbonyl (C=O) groups is 2. The molecule has 0 saturated heterocycles. The minimum Gasteiger partial charge on any atom is -0.423 e. The molecule has 0 heterocycles. The van der Waals surface area contributed by atoms with Crippen LogP contribution in [-0.4, -0.2) is 18.5 Å². The molecule has 2 aromatic rings. The van der Waals surface area contributed by atoms with Gasteiger partial charge in [-0.1, -0.05) is 17.7 Å². The zero-order chi connectivity index (χ0) is 15.9. The number of rotatable bonds is 4. The van der Waals surface area contributed by atoms with Crippen molar-refractivity contribution in [3.05, 3.63) is 59.7 Å². The maximum absolute atomic E-state index is 12.0. The van der Waals surface area contributed by atoms with E-state index in [1.54, 1.807) is 36.4 Å². The highest BCUT2D eigenvalue weighted by atomic mass is 16.5. The van der Waals surface area contributed by atoms with E-state index in [9.17, 15) is 9.59 Å². The fourth-order valence-corrected chi connectivity index (χ4v) is 1.80. The lowest BCUT2D eigenvalue weighted by Gasteiger charge is -2.07. The minimum atomic E-state index is -0.437. The van der Waals surface area contributed by atoms with Crippen molar-refractivity contribution in [3.63, 3.8) is 0 Å². The first-order valence-electron chi connectivity index (χ1n) is 7.02. The van der Waals surface area contributed by atoms with Crippen LogP contribution in [0.3, 0.4) is 0 Å². The molecule has 0 bridgehead atoms. The minimum absolute atomic E-state index is 0.280. The highest BCUT2D eigenvalue weighted by Gasteiger charge is 2.09. The number of carbonyl (C=O) groups excluding carboxylic acids is 2. The fourth-order valence-electron chi connectivity index (χ4n) is 1.80. The Morgan fingerprint density at radius 1 is 1.00 bits per heavy atom. The number of urea groups is 1. The number of nitrogens with one attached hydrogen (secondary N) is 2. The third-order valence-corrected chi connectivity index (χ3v) is 2.95. The predicted octanol–water partition coefficient (Wildman–Crippen LogP) is 3.36. The first-order chi connectivity index (χ1) is 10.6. The van der Waals surface area contributed by atoms with Gasteiger partial charge in [0.05, 0.1) is 5.56 Å². The SMILES string of the molecule is CCNC(=O)Nc1ccc(C(=O)Oc2ccc(C)cc2)cc1. The highest BCUT2D eigenvalue weighted by molar-refractivity contribution is 5.93. The van der Waals surface area contributed by atoms with Crippen molar-refractivity contribution in [2.75, 3.05) is 11.9 Å². The third kappa shape index (κ3) is 4.34. The Kier molecular flexibility index (Phi) is 5.14. The van der Waals surface area contributed by atoms with E-state index in [-0.39, 0.29) is 6.03 Å². The van der Waals surface area contributed by atoms with Crippen LogP contribution in [0.5, 0.6) is 5.75 Å². The van der Waals surface area contributed by atoms with Gasteiger partial charge in [0.2, 0.25) is 0 Å². The summed E-state index contributed by atoms with van der Waals surface area (Å²) in [5.41, 5.74) is 2.13. The summed E-state index contributed by atoms with van der Waals surface area (Å²) in [7, 11) is 0. The van der Waals surface area contributed by atoms with Crippen LogP contribution in [0.2, 0.25) is 0 Å². The van der Waals surface area contributed by atoms with Crippen LogP contribution in [0, 0.1) is 6.92 Å². The molecule has 2 rings (SSSR count). The number of amides is 2. The zero-order valence-corrected chi connectivity index (χ0v) is 12.6. The van der Waals surface area contributed by atoms with Crippen molar-refractivity contribution < 1.29 is 14.3 Å². The van der Waals surface area contributed by atoms with Gasteiger partial charge in [-0.3, -0.25) is 0 Å². The van der Waals surface area contributed by atoms with Crippen LogP contribution in [0.15, 0.2) is 48.5 Å². The summed E-state index contributed by atoms with van der Waals surface area (Å²) in [6.45, 7) is 4.35. The number of anilines is 1. The molecule has 114 valence electrons. The van der Waals surface area contributed by atoms with E-state index in [0.29, 0.717) is 23.5 Å². The first-order valence-corrected chi connectivity index (χ1v) is 7.02. The van der Waals surface area contributed by atoms with Gasteiger partial charge >= 0.3 is 12.0 Å². The van der Waals surface area contributed by atoms with Gasteiger partial charge in [0.1, 0.15) is 5.75 Å². The highest BCUT2D eigenvalue weighted by Crippen LogP contribution is 2.15. The Balaban J connectivity index is 1.98. The summed E-state index contributed by atoms with van der Waals surface area (Å²) in [6, 6.07) is 13.5. The Bertz CT molecular complexity index is 649. The van der Waals surface area contributed by atoms with Crippen molar-refractivity contribution >= 4 is 17.7 Å². The molecule has 2 aromatic carbocycles. The molecule has 5 heteroatoms. The fraction of sp³-hybridized carbons (Fsp3) is 0.176. The van der Waals surface area contributed by atoms with E-state index in [0.717, 1.165) is 5.56 Å². The summed E-state index contributed by atoms with van der Waals surface area (Å²) in [4.78, 5) is 23.4. The Morgan fingerprint density at radius 3 is 2.23 bits per heavy atom. The van der Waals surface area contributed by atoms with Crippen LogP contribution >= 0.6 is 0 Å². The topological polar surface area (TPSA) is 67.4 Å². The molecule has 0 aliphatic heterocycles. The Morgan fingerprint density at radius 2 is 1.64 bits per heavy atom. The molecule has 0 radical (unpaired) electrons. The molecule has 22 heavy (non-hydrogen) atoms. The molecular weight excluding hydrogens is 280 g/mol. The number of benzene rings is 2. The number of hydrogen-bond donors (Lipinski definition) is 2. The van der Waals surface area contributed by atoms with Crippen molar-refractivity contribution in [3.8, 4) is 5.75 Å². The van der Waals surface area contributed by atoms with Crippen LogP contribution < -0.4 is 15.4 Å². The molecule has 0 fully saturated rings. The van der Waals surface area contributed by atoms with Gasteiger partial charge in [0.15, 0.2) is 0 Å². The average Bonchev–Trinajstić information content (AvgIpc) is 2.50. The van der Waals surface area contributed by atoms with Gasteiger partial charge in [0.25, 0.3) is 0 Å². The van der Waals surface area contributed by atoms with Crippen LogP contribution in [0.4, 0.5) is 10.5 Å². The maximum atomic E-state index is 12.0. The predicted molar refractivity (Wildman–Crippen MR) is 85.3 cm³/mol. The molecule has 2 amide bonds. The quantitative estimate of drug-likeness (QED) is 0.672. The van der Waals surface area contributed by atoms with Crippen molar-refractivity contribution in [2.45, 2.75) is 13.8 Å². The number of ether oxygens (including phenoxy) is 1. The molecule has 0 saturated carbocycles. The molecule has 0 aliphatic carbocycles. The van der Waals surface area contributed by atoms with Crippen molar-refractivity contribution in [1.29, 1.82) is 0 Å². The van der Waals surface area contributed by atoms with E-state index in [4.69, 9.17) is 4.74 Å². The smallest absolute Gasteiger partial charge is 0.343 e. The maximum Gasteiger partial charge on any atom is 0.343 e. The Labute approximate surface area is 129 Å². The van der Waals surface area contributed by atoms with Gasteiger partial charge < -0.3 is 15.4 Å². The van der Waals surface area contributed by atoms with Gasteiger partial charge in [-0.05, 0) is 50.2 Å². The monoisotopic (exact) mass is 298 g/mol. The van der Waals surface area contributed by atoms with E-state index in [1.165, 1.54) is 0 Å². The average molecular weight is 298 g/mol. The lowest BCUT2D eigenvalue weighted by molar-refractivity contribution is 0.0734. The van der Waals surface area contributed by atoms with Gasteiger partial charge in [-0.2, -0.15) is 0 Å².